The number of hydrogen-bond donors (Lipinski definition) is 1. The Labute approximate surface area is 134 Å². The van der Waals surface area contributed by atoms with Gasteiger partial charge >= 0.3 is 0 Å². The molecule has 3 nitrogen and oxygen atoms in total. The van der Waals surface area contributed by atoms with Crippen molar-refractivity contribution in [1.82, 2.24) is 10.2 Å². The number of nitrogens with zero attached hydrogens (tertiary/aromatic N) is 1. The Morgan fingerprint density at radius 1 is 1.32 bits per heavy atom. The first-order valence-electron chi connectivity index (χ1n) is 7.43. The minimum absolute atomic E-state index is 0.160. The summed E-state index contributed by atoms with van der Waals surface area (Å²) in [5.41, 5.74) is -0.555. The lowest BCUT2D eigenvalue weighted by molar-refractivity contribution is 0.0801. The average Bonchev–Trinajstić information content (AvgIpc) is 2.42. The molecule has 22 heavy (non-hydrogen) atoms. The lowest BCUT2D eigenvalue weighted by Gasteiger charge is -2.41. The monoisotopic (exact) mass is 330 g/mol. The van der Waals surface area contributed by atoms with Crippen LogP contribution in [-0.4, -0.2) is 35.5 Å². The van der Waals surface area contributed by atoms with Crippen LogP contribution in [0.1, 0.15) is 44.0 Å². The molecule has 0 atom stereocenters. The summed E-state index contributed by atoms with van der Waals surface area (Å²) < 4.78 is 26.8. The number of piperidine rings is 1. The van der Waals surface area contributed by atoms with Crippen LogP contribution in [-0.2, 0) is 0 Å². The number of hydrogen-bond acceptors (Lipinski definition) is 2. The molecule has 1 fully saturated rings. The van der Waals surface area contributed by atoms with Crippen molar-refractivity contribution >= 4 is 17.5 Å². The van der Waals surface area contributed by atoms with Crippen molar-refractivity contribution in [1.29, 1.82) is 0 Å². The van der Waals surface area contributed by atoms with E-state index < -0.39 is 23.1 Å². The molecular weight excluding hydrogens is 310 g/mol. The third-order valence-electron chi connectivity index (χ3n) is 4.28. The minimum Gasteiger partial charge on any atom is -0.347 e. The Balaban J connectivity index is 2.09. The van der Waals surface area contributed by atoms with Gasteiger partial charge in [-0.25, -0.2) is 8.78 Å². The molecule has 1 heterocycles. The summed E-state index contributed by atoms with van der Waals surface area (Å²) in [6.45, 7) is 7.97. The second-order valence-corrected chi connectivity index (χ2v) is 6.77. The highest BCUT2D eigenvalue weighted by molar-refractivity contribution is 6.34. The van der Waals surface area contributed by atoms with Gasteiger partial charge in [0.2, 0.25) is 0 Å². The van der Waals surface area contributed by atoms with Crippen molar-refractivity contribution in [3.05, 3.63) is 34.4 Å². The van der Waals surface area contributed by atoms with E-state index in [9.17, 15) is 13.6 Å². The number of benzene rings is 1. The van der Waals surface area contributed by atoms with Gasteiger partial charge < -0.3 is 10.2 Å². The first-order valence-corrected chi connectivity index (χ1v) is 7.81. The number of carbonyl (C=O) groups is 1. The van der Waals surface area contributed by atoms with Gasteiger partial charge in [-0.15, -0.1) is 0 Å². The standard InChI is InChI=1S/C16H21ClF2N2O/c1-10(2)21-6-4-16(3,5-7-21)20-15(22)12-8-11(18)9-13(19)14(12)17/h8-10H,4-7H2,1-3H3,(H,20,22). The predicted molar refractivity (Wildman–Crippen MR) is 83.2 cm³/mol. The highest BCUT2D eigenvalue weighted by Crippen LogP contribution is 2.26. The van der Waals surface area contributed by atoms with Crippen LogP contribution in [0.25, 0.3) is 0 Å². The zero-order valence-electron chi connectivity index (χ0n) is 13.0. The van der Waals surface area contributed by atoms with Crippen LogP contribution in [0.4, 0.5) is 8.78 Å². The fourth-order valence-electron chi connectivity index (χ4n) is 2.72. The fourth-order valence-corrected chi connectivity index (χ4v) is 2.92. The van der Waals surface area contributed by atoms with Gasteiger partial charge in [0.1, 0.15) is 11.6 Å². The van der Waals surface area contributed by atoms with Gasteiger partial charge in [0, 0.05) is 30.7 Å². The maximum absolute atomic E-state index is 13.5. The van der Waals surface area contributed by atoms with Crippen LogP contribution in [0, 0.1) is 11.6 Å². The Kier molecular flexibility index (Phi) is 5.07. The van der Waals surface area contributed by atoms with Crippen molar-refractivity contribution in [3.8, 4) is 0 Å². The second-order valence-electron chi connectivity index (χ2n) is 6.39. The minimum atomic E-state index is -0.924. The molecule has 0 saturated carbocycles. The van der Waals surface area contributed by atoms with E-state index in [0.717, 1.165) is 32.0 Å². The third kappa shape index (κ3) is 3.76. The van der Waals surface area contributed by atoms with Crippen LogP contribution < -0.4 is 5.32 Å². The van der Waals surface area contributed by atoms with E-state index in [2.05, 4.69) is 24.1 Å². The molecule has 1 aliphatic rings. The lowest BCUT2D eigenvalue weighted by Crippen LogP contribution is -2.54. The van der Waals surface area contributed by atoms with E-state index in [1.54, 1.807) is 0 Å². The number of likely N-dealkylation sites (tertiary alicyclic amines) is 1. The zero-order valence-corrected chi connectivity index (χ0v) is 13.8. The summed E-state index contributed by atoms with van der Waals surface area (Å²) in [6.07, 6.45) is 1.57. The van der Waals surface area contributed by atoms with Gasteiger partial charge in [0.15, 0.2) is 0 Å². The van der Waals surface area contributed by atoms with Gasteiger partial charge in [-0.05, 0) is 39.7 Å². The van der Waals surface area contributed by atoms with E-state index >= 15 is 0 Å². The first-order chi connectivity index (χ1) is 10.2. The fraction of sp³-hybridized carbons (Fsp3) is 0.562. The van der Waals surface area contributed by atoms with Gasteiger partial charge in [0.05, 0.1) is 10.6 Å². The van der Waals surface area contributed by atoms with E-state index in [1.165, 1.54) is 0 Å². The molecule has 0 spiro atoms. The summed E-state index contributed by atoms with van der Waals surface area (Å²) in [7, 11) is 0. The topological polar surface area (TPSA) is 32.3 Å². The largest absolute Gasteiger partial charge is 0.347 e. The summed E-state index contributed by atoms with van der Waals surface area (Å²) in [4.78, 5) is 14.7. The summed E-state index contributed by atoms with van der Waals surface area (Å²) >= 11 is 5.78. The molecule has 0 aliphatic carbocycles. The molecule has 122 valence electrons. The quantitative estimate of drug-likeness (QED) is 0.859. The van der Waals surface area contributed by atoms with Crippen LogP contribution in [0.15, 0.2) is 12.1 Å². The van der Waals surface area contributed by atoms with Gasteiger partial charge in [-0.3, -0.25) is 4.79 Å². The SMILES string of the molecule is CC(C)N1CCC(C)(NC(=O)c2cc(F)cc(F)c2Cl)CC1. The maximum atomic E-state index is 13.5. The van der Waals surface area contributed by atoms with Crippen LogP contribution in [0.3, 0.4) is 0 Å². The van der Waals surface area contributed by atoms with E-state index in [1.807, 2.05) is 6.92 Å². The highest BCUT2D eigenvalue weighted by atomic mass is 35.5. The van der Waals surface area contributed by atoms with Crippen molar-refractivity contribution in [2.75, 3.05) is 13.1 Å². The molecule has 1 aromatic rings. The average molecular weight is 331 g/mol. The number of halogens is 3. The molecule has 0 bridgehead atoms. The van der Waals surface area contributed by atoms with Gasteiger partial charge in [0.25, 0.3) is 5.91 Å². The first kappa shape index (κ1) is 17.2. The van der Waals surface area contributed by atoms with Crippen molar-refractivity contribution in [2.24, 2.45) is 0 Å². The van der Waals surface area contributed by atoms with Crippen LogP contribution in [0.5, 0.6) is 0 Å². The Morgan fingerprint density at radius 3 is 2.45 bits per heavy atom. The molecule has 6 heteroatoms. The molecule has 1 aromatic carbocycles. The number of rotatable bonds is 3. The normalized spacial score (nSPS) is 18.5. The third-order valence-corrected chi connectivity index (χ3v) is 4.67. The van der Waals surface area contributed by atoms with E-state index in [-0.39, 0.29) is 10.6 Å². The summed E-state index contributed by atoms with van der Waals surface area (Å²) in [6, 6.07) is 2.10. The van der Waals surface area contributed by atoms with Crippen molar-refractivity contribution in [3.63, 3.8) is 0 Å². The molecule has 1 aliphatic heterocycles. The van der Waals surface area contributed by atoms with E-state index in [0.29, 0.717) is 12.1 Å². The summed E-state index contributed by atoms with van der Waals surface area (Å²) in [5, 5.41) is 2.54. The Hall–Kier alpha value is -1.20. The number of amides is 1. The van der Waals surface area contributed by atoms with Crippen molar-refractivity contribution in [2.45, 2.75) is 45.2 Å². The lowest BCUT2D eigenvalue weighted by atomic mass is 9.88. The highest BCUT2D eigenvalue weighted by Gasteiger charge is 2.33. The smallest absolute Gasteiger partial charge is 0.253 e. The number of carbonyl (C=O) groups excluding carboxylic acids is 1. The molecule has 1 saturated heterocycles. The molecule has 0 radical (unpaired) electrons. The van der Waals surface area contributed by atoms with E-state index in [4.69, 9.17) is 11.6 Å². The maximum Gasteiger partial charge on any atom is 0.253 e. The molecule has 1 amide bonds. The van der Waals surface area contributed by atoms with Gasteiger partial charge in [-0.2, -0.15) is 0 Å². The van der Waals surface area contributed by atoms with Crippen molar-refractivity contribution < 1.29 is 13.6 Å². The molecule has 1 N–H and O–H groups in total. The van der Waals surface area contributed by atoms with Crippen LogP contribution >= 0.6 is 11.6 Å². The molecule has 0 aromatic heterocycles. The molecular formula is C16H21ClF2N2O. The molecule has 0 unspecified atom stereocenters. The van der Waals surface area contributed by atoms with Crippen LogP contribution in [0.2, 0.25) is 5.02 Å². The summed E-state index contributed by atoms with van der Waals surface area (Å²) in [5.74, 6) is -2.28. The van der Waals surface area contributed by atoms with Gasteiger partial charge in [-0.1, -0.05) is 11.6 Å². The Bertz CT molecular complexity index is 570. The number of nitrogens with one attached hydrogen (secondary N) is 1. The second kappa shape index (κ2) is 6.50. The zero-order chi connectivity index (χ0) is 16.5. The Morgan fingerprint density at radius 2 is 1.91 bits per heavy atom. The molecule has 2 rings (SSSR count). The predicted octanol–water partition coefficient (Wildman–Crippen LogP) is 3.61.